The monoisotopic (exact) mass is 412 g/mol. The normalized spacial score (nSPS) is 11.2. The highest BCUT2D eigenvalue weighted by molar-refractivity contribution is 5.94. The van der Waals surface area contributed by atoms with E-state index in [0.29, 0.717) is 11.4 Å². The van der Waals surface area contributed by atoms with Crippen LogP contribution in [0.5, 0.6) is 0 Å². The maximum absolute atomic E-state index is 12.5. The van der Waals surface area contributed by atoms with Crippen LogP contribution in [0.1, 0.15) is 39.9 Å². The Morgan fingerprint density at radius 1 is 1.13 bits per heavy atom. The molecule has 2 N–H and O–H groups in total. The van der Waals surface area contributed by atoms with Crippen molar-refractivity contribution in [1.82, 2.24) is 25.4 Å². The number of amides is 1. The van der Waals surface area contributed by atoms with Crippen LogP contribution < -0.4 is 5.43 Å². The lowest BCUT2D eigenvalue weighted by atomic mass is 10.1. The molecule has 4 aromatic rings. The fourth-order valence-corrected chi connectivity index (χ4v) is 3.37. The molecule has 0 atom stereocenters. The van der Waals surface area contributed by atoms with E-state index < -0.39 is 0 Å². The van der Waals surface area contributed by atoms with Gasteiger partial charge in [0.1, 0.15) is 5.69 Å². The van der Waals surface area contributed by atoms with Gasteiger partial charge in [0.05, 0.1) is 29.0 Å². The van der Waals surface area contributed by atoms with Crippen molar-refractivity contribution in [2.24, 2.45) is 5.10 Å². The number of benzene rings is 2. The Hall–Kier alpha value is -4.00. The van der Waals surface area contributed by atoms with Crippen molar-refractivity contribution in [3.05, 3.63) is 88.9 Å². The van der Waals surface area contributed by atoms with Gasteiger partial charge in [-0.3, -0.25) is 9.89 Å². The predicted molar refractivity (Wildman–Crippen MR) is 121 cm³/mol. The van der Waals surface area contributed by atoms with Crippen molar-refractivity contribution in [2.45, 2.75) is 27.2 Å². The Kier molecular flexibility index (Phi) is 5.75. The third kappa shape index (κ3) is 4.30. The van der Waals surface area contributed by atoms with Crippen molar-refractivity contribution in [1.29, 1.82) is 0 Å². The minimum Gasteiger partial charge on any atom is -0.272 e. The number of nitrogens with one attached hydrogen (secondary N) is 2. The van der Waals surface area contributed by atoms with Gasteiger partial charge in [-0.1, -0.05) is 49.4 Å². The number of carbonyl (C=O) groups excluding carboxylic acids is 1. The number of para-hydroxylation sites is 1. The molecule has 0 unspecified atom stereocenters. The first-order valence-corrected chi connectivity index (χ1v) is 10.2. The highest BCUT2D eigenvalue weighted by Gasteiger charge is 2.13. The summed E-state index contributed by atoms with van der Waals surface area (Å²) in [7, 11) is 0. The molecule has 7 nitrogen and oxygen atoms in total. The summed E-state index contributed by atoms with van der Waals surface area (Å²) in [5, 5.41) is 15.7. The van der Waals surface area contributed by atoms with Crippen LogP contribution in [0.4, 0.5) is 0 Å². The largest absolute Gasteiger partial charge is 0.289 e. The van der Waals surface area contributed by atoms with E-state index in [1.54, 1.807) is 12.3 Å². The van der Waals surface area contributed by atoms with Crippen molar-refractivity contribution < 1.29 is 4.79 Å². The first-order valence-electron chi connectivity index (χ1n) is 10.2. The van der Waals surface area contributed by atoms with Gasteiger partial charge < -0.3 is 0 Å². The highest BCUT2D eigenvalue weighted by Crippen LogP contribution is 2.19. The van der Waals surface area contributed by atoms with Crippen molar-refractivity contribution in [3.63, 3.8) is 0 Å². The third-order valence-electron chi connectivity index (χ3n) is 5.19. The summed E-state index contributed by atoms with van der Waals surface area (Å²) < 4.78 is 1.86. The molecule has 156 valence electrons. The Morgan fingerprint density at radius 3 is 2.58 bits per heavy atom. The molecule has 0 fully saturated rings. The quantitative estimate of drug-likeness (QED) is 0.367. The van der Waals surface area contributed by atoms with E-state index in [2.05, 4.69) is 44.9 Å². The van der Waals surface area contributed by atoms with E-state index in [1.165, 1.54) is 5.56 Å². The zero-order valence-electron chi connectivity index (χ0n) is 17.8. The molecule has 1 amide bonds. The highest BCUT2D eigenvalue weighted by atomic mass is 16.2. The Labute approximate surface area is 180 Å². The Balaban J connectivity index is 1.46. The molecule has 0 saturated heterocycles. The van der Waals surface area contributed by atoms with E-state index in [-0.39, 0.29) is 5.91 Å². The van der Waals surface area contributed by atoms with Crippen molar-refractivity contribution >= 4 is 12.1 Å². The lowest BCUT2D eigenvalue weighted by Gasteiger charge is -2.03. The standard InChI is InChI=1S/C24H24N6O/c1-4-18-10-12-19(13-11-18)22-14-23(27-26-22)24(31)28-25-15-21-16(2)29-30(17(21)3)20-8-6-5-7-9-20/h5-15H,4H2,1-3H3,(H,26,27)(H,28,31). The number of hydrogen-bond donors (Lipinski definition) is 2. The van der Waals surface area contributed by atoms with Gasteiger partial charge in [0, 0.05) is 11.1 Å². The second kappa shape index (κ2) is 8.79. The van der Waals surface area contributed by atoms with Gasteiger partial charge in [-0.05, 0) is 44.0 Å². The van der Waals surface area contributed by atoms with Crippen LogP contribution in [-0.4, -0.2) is 32.1 Å². The summed E-state index contributed by atoms with van der Waals surface area (Å²) in [5.41, 5.74) is 9.45. The summed E-state index contributed by atoms with van der Waals surface area (Å²) >= 11 is 0. The molecule has 2 aromatic carbocycles. The summed E-state index contributed by atoms with van der Waals surface area (Å²) in [6.45, 7) is 6.00. The number of H-pyrrole nitrogens is 1. The maximum Gasteiger partial charge on any atom is 0.289 e. The zero-order valence-corrected chi connectivity index (χ0v) is 17.8. The number of carbonyl (C=O) groups is 1. The van der Waals surface area contributed by atoms with Gasteiger partial charge >= 0.3 is 0 Å². The van der Waals surface area contributed by atoms with E-state index in [4.69, 9.17) is 0 Å². The van der Waals surface area contributed by atoms with Crippen LogP contribution in [0.2, 0.25) is 0 Å². The average Bonchev–Trinajstić information content (AvgIpc) is 3.40. The van der Waals surface area contributed by atoms with Gasteiger partial charge in [0.25, 0.3) is 5.91 Å². The summed E-state index contributed by atoms with van der Waals surface area (Å²) in [6, 6.07) is 19.7. The molecule has 31 heavy (non-hydrogen) atoms. The van der Waals surface area contributed by atoms with E-state index in [9.17, 15) is 4.79 Å². The Morgan fingerprint density at radius 2 is 1.87 bits per heavy atom. The number of hydrazone groups is 1. The van der Waals surface area contributed by atoms with Crippen molar-refractivity contribution in [2.75, 3.05) is 0 Å². The zero-order chi connectivity index (χ0) is 21.8. The van der Waals surface area contributed by atoms with Gasteiger partial charge in [-0.25, -0.2) is 10.1 Å². The van der Waals surface area contributed by atoms with Gasteiger partial charge in [-0.15, -0.1) is 0 Å². The predicted octanol–water partition coefficient (Wildman–Crippen LogP) is 4.21. The molecule has 0 spiro atoms. The number of nitrogens with zero attached hydrogens (tertiary/aromatic N) is 4. The number of hydrogen-bond acceptors (Lipinski definition) is 4. The molecule has 2 heterocycles. The van der Waals surface area contributed by atoms with Crippen LogP contribution in [0, 0.1) is 13.8 Å². The van der Waals surface area contributed by atoms with E-state index >= 15 is 0 Å². The summed E-state index contributed by atoms with van der Waals surface area (Å²) in [4.78, 5) is 12.5. The lowest BCUT2D eigenvalue weighted by Crippen LogP contribution is -2.18. The van der Waals surface area contributed by atoms with Gasteiger partial charge in [0.2, 0.25) is 0 Å². The molecule has 0 aliphatic carbocycles. The topological polar surface area (TPSA) is 88.0 Å². The average molecular weight is 412 g/mol. The summed E-state index contributed by atoms with van der Waals surface area (Å²) in [6.07, 6.45) is 2.60. The smallest absolute Gasteiger partial charge is 0.272 e. The van der Waals surface area contributed by atoms with Crippen LogP contribution in [0.25, 0.3) is 16.9 Å². The molecule has 0 saturated carbocycles. The molecular weight excluding hydrogens is 388 g/mol. The fourth-order valence-electron chi connectivity index (χ4n) is 3.37. The van der Waals surface area contributed by atoms with Gasteiger partial charge in [0.15, 0.2) is 0 Å². The molecule has 0 bridgehead atoms. The molecule has 7 heteroatoms. The summed E-state index contributed by atoms with van der Waals surface area (Å²) in [5.74, 6) is -0.356. The number of rotatable bonds is 6. The first-order chi connectivity index (χ1) is 15.1. The molecular formula is C24H24N6O. The first kappa shape index (κ1) is 20.3. The molecule has 2 aromatic heterocycles. The minimum atomic E-state index is -0.356. The van der Waals surface area contributed by atoms with Crippen LogP contribution in [0.3, 0.4) is 0 Å². The molecule has 4 rings (SSSR count). The lowest BCUT2D eigenvalue weighted by molar-refractivity contribution is 0.0950. The van der Waals surface area contributed by atoms with Crippen molar-refractivity contribution in [3.8, 4) is 16.9 Å². The number of aromatic amines is 1. The van der Waals surface area contributed by atoms with Crippen LogP contribution in [-0.2, 0) is 6.42 Å². The molecule has 0 aliphatic heterocycles. The second-order valence-corrected chi connectivity index (χ2v) is 7.25. The van der Waals surface area contributed by atoms with Crippen LogP contribution in [0.15, 0.2) is 65.8 Å². The number of aromatic nitrogens is 4. The minimum absolute atomic E-state index is 0.347. The Bertz CT molecular complexity index is 1220. The van der Waals surface area contributed by atoms with Crippen LogP contribution >= 0.6 is 0 Å². The maximum atomic E-state index is 12.5. The fraction of sp³-hybridized carbons (Fsp3) is 0.167. The SMILES string of the molecule is CCc1ccc(-c2cc(C(=O)NN=Cc3c(C)nn(-c4ccccc4)c3C)[nH]n2)cc1. The van der Waals surface area contributed by atoms with E-state index in [1.807, 2.05) is 61.0 Å². The third-order valence-corrected chi connectivity index (χ3v) is 5.19. The second-order valence-electron chi connectivity index (χ2n) is 7.25. The molecule has 0 radical (unpaired) electrons. The van der Waals surface area contributed by atoms with Gasteiger partial charge in [-0.2, -0.15) is 15.3 Å². The van der Waals surface area contributed by atoms with E-state index in [0.717, 1.165) is 34.6 Å². The molecule has 0 aliphatic rings. The number of aryl methyl sites for hydroxylation is 2.